The van der Waals surface area contributed by atoms with E-state index in [0.29, 0.717) is 5.56 Å². The van der Waals surface area contributed by atoms with Crippen LogP contribution in [0.5, 0.6) is 0 Å². The van der Waals surface area contributed by atoms with Crippen molar-refractivity contribution >= 4 is 18.2 Å². The second-order valence-corrected chi connectivity index (χ2v) is 5.21. The molecule has 0 aliphatic carbocycles. The zero-order valence-corrected chi connectivity index (χ0v) is 13.6. The molecule has 0 heterocycles. The van der Waals surface area contributed by atoms with E-state index in [0.717, 1.165) is 5.56 Å². The molecule has 0 unspecified atom stereocenters. The number of hydrazone groups is 1. The molecule has 2 aromatic rings. The number of benzene rings is 2. The summed E-state index contributed by atoms with van der Waals surface area (Å²) in [6.07, 6.45) is 0.673. The number of carbonyl (C=O) groups excluding carboxylic acids is 2. The van der Waals surface area contributed by atoms with Gasteiger partial charge in [-0.1, -0.05) is 42.5 Å². The number of hydrogen-bond acceptors (Lipinski definition) is 4. The lowest BCUT2D eigenvalue weighted by Gasteiger charge is -2.12. The second kappa shape index (κ2) is 9.17. The topological polar surface area (TPSA) is 79.8 Å². The molecule has 0 saturated carbocycles. The van der Waals surface area contributed by atoms with Gasteiger partial charge in [-0.05, 0) is 30.2 Å². The minimum absolute atomic E-state index is 0.115. The van der Waals surface area contributed by atoms with E-state index in [-0.39, 0.29) is 12.4 Å². The molecule has 2 N–H and O–H groups in total. The third kappa shape index (κ3) is 6.42. The van der Waals surface area contributed by atoms with Crippen LogP contribution in [0.25, 0.3) is 0 Å². The number of carbonyl (C=O) groups is 2. The Labute approximate surface area is 144 Å². The van der Waals surface area contributed by atoms with Gasteiger partial charge in [0.2, 0.25) is 0 Å². The molecule has 0 aromatic heterocycles. The summed E-state index contributed by atoms with van der Waals surface area (Å²) in [7, 11) is 0. The smallest absolute Gasteiger partial charge is 0.408 e. The van der Waals surface area contributed by atoms with Crippen molar-refractivity contribution < 1.29 is 18.7 Å². The Morgan fingerprint density at radius 2 is 1.84 bits per heavy atom. The molecule has 7 heteroatoms. The lowest BCUT2D eigenvalue weighted by Crippen LogP contribution is -2.43. The minimum Gasteiger partial charge on any atom is -0.445 e. The Morgan fingerprint density at radius 1 is 1.16 bits per heavy atom. The normalized spacial score (nSPS) is 11.8. The molecule has 2 rings (SSSR count). The number of nitrogens with one attached hydrogen (secondary N) is 2. The molecule has 0 aliphatic heterocycles. The van der Waals surface area contributed by atoms with Gasteiger partial charge in [-0.15, -0.1) is 0 Å². The molecule has 0 spiro atoms. The van der Waals surface area contributed by atoms with E-state index in [1.165, 1.54) is 37.4 Å². The zero-order valence-electron chi connectivity index (χ0n) is 13.6. The van der Waals surface area contributed by atoms with Gasteiger partial charge in [0, 0.05) is 0 Å². The Hall–Kier alpha value is -3.22. The van der Waals surface area contributed by atoms with Crippen LogP contribution in [0.1, 0.15) is 18.1 Å². The molecular formula is C18H18FN3O3. The highest BCUT2D eigenvalue weighted by Crippen LogP contribution is 2.01. The van der Waals surface area contributed by atoms with E-state index in [9.17, 15) is 14.0 Å². The highest BCUT2D eigenvalue weighted by Gasteiger charge is 2.15. The predicted molar refractivity (Wildman–Crippen MR) is 91.4 cm³/mol. The van der Waals surface area contributed by atoms with Gasteiger partial charge in [-0.2, -0.15) is 5.10 Å². The third-order valence-electron chi connectivity index (χ3n) is 3.20. The molecule has 6 nitrogen and oxygen atoms in total. The Bertz CT molecular complexity index is 733. The first-order chi connectivity index (χ1) is 12.0. The predicted octanol–water partition coefficient (Wildman–Crippen LogP) is 2.59. The molecule has 130 valence electrons. The van der Waals surface area contributed by atoms with Crippen molar-refractivity contribution in [1.82, 2.24) is 10.7 Å². The van der Waals surface area contributed by atoms with Crippen molar-refractivity contribution in [2.75, 3.05) is 0 Å². The number of ether oxygens (including phenoxy) is 1. The third-order valence-corrected chi connectivity index (χ3v) is 3.20. The summed E-state index contributed by atoms with van der Waals surface area (Å²) in [5.74, 6) is -0.858. The molecular weight excluding hydrogens is 325 g/mol. The van der Waals surface area contributed by atoms with E-state index >= 15 is 0 Å². The number of rotatable bonds is 6. The van der Waals surface area contributed by atoms with E-state index in [4.69, 9.17) is 4.74 Å². The average molecular weight is 343 g/mol. The monoisotopic (exact) mass is 343 g/mol. The van der Waals surface area contributed by atoms with Crippen molar-refractivity contribution in [2.45, 2.75) is 19.6 Å². The number of halogens is 1. The average Bonchev–Trinajstić information content (AvgIpc) is 2.62. The first kappa shape index (κ1) is 18.1. The fraction of sp³-hybridized carbons (Fsp3) is 0.167. The fourth-order valence-corrected chi connectivity index (χ4v) is 1.82. The van der Waals surface area contributed by atoms with Crippen LogP contribution in [0.3, 0.4) is 0 Å². The van der Waals surface area contributed by atoms with E-state index in [1.807, 2.05) is 30.3 Å². The van der Waals surface area contributed by atoms with Crippen LogP contribution >= 0.6 is 0 Å². The molecule has 2 amide bonds. The first-order valence-electron chi connectivity index (χ1n) is 7.60. The molecule has 0 aliphatic rings. The van der Waals surface area contributed by atoms with Gasteiger partial charge in [0.25, 0.3) is 5.91 Å². The number of amides is 2. The highest BCUT2D eigenvalue weighted by molar-refractivity contribution is 5.86. The standard InChI is InChI=1S/C18H18FN3O3/c1-13(21-18(24)25-12-15-5-3-2-4-6-15)17(23)22-20-11-14-7-9-16(19)10-8-14/h2-11,13H,12H2,1H3,(H,21,24)(H,22,23)/b20-11-/t13-/m0/s1. The van der Waals surface area contributed by atoms with Crippen molar-refractivity contribution in [2.24, 2.45) is 5.10 Å². The largest absolute Gasteiger partial charge is 0.445 e. The van der Waals surface area contributed by atoms with Crippen molar-refractivity contribution in [3.05, 3.63) is 71.5 Å². The van der Waals surface area contributed by atoms with Crippen LogP contribution in [0, 0.1) is 5.82 Å². The summed E-state index contributed by atoms with van der Waals surface area (Å²) >= 11 is 0. The molecule has 0 bridgehead atoms. The van der Waals surface area contributed by atoms with E-state index in [1.54, 1.807) is 0 Å². The van der Waals surface area contributed by atoms with Crippen LogP contribution in [0.15, 0.2) is 59.7 Å². The summed E-state index contributed by atoms with van der Waals surface area (Å²) in [6.45, 7) is 1.62. The molecule has 0 fully saturated rings. The number of nitrogens with zero attached hydrogens (tertiary/aromatic N) is 1. The van der Waals surface area contributed by atoms with Crippen molar-refractivity contribution in [3.8, 4) is 0 Å². The first-order valence-corrected chi connectivity index (χ1v) is 7.60. The van der Waals surface area contributed by atoms with Crippen LogP contribution in [0.2, 0.25) is 0 Å². The lowest BCUT2D eigenvalue weighted by atomic mass is 10.2. The molecule has 0 saturated heterocycles. The van der Waals surface area contributed by atoms with Crippen LogP contribution in [-0.2, 0) is 16.1 Å². The van der Waals surface area contributed by atoms with Gasteiger partial charge >= 0.3 is 6.09 Å². The van der Waals surface area contributed by atoms with Gasteiger partial charge in [0.1, 0.15) is 18.5 Å². The van der Waals surface area contributed by atoms with Gasteiger partial charge in [-0.3, -0.25) is 4.79 Å². The summed E-state index contributed by atoms with van der Waals surface area (Å²) in [5, 5.41) is 6.16. The summed E-state index contributed by atoms with van der Waals surface area (Å²) < 4.78 is 17.8. The maximum Gasteiger partial charge on any atom is 0.408 e. The maximum atomic E-state index is 12.8. The molecule has 25 heavy (non-hydrogen) atoms. The fourth-order valence-electron chi connectivity index (χ4n) is 1.82. The quantitative estimate of drug-likeness (QED) is 0.625. The van der Waals surface area contributed by atoms with Crippen molar-refractivity contribution in [1.29, 1.82) is 0 Å². The van der Waals surface area contributed by atoms with Gasteiger partial charge in [0.05, 0.1) is 6.21 Å². The lowest BCUT2D eigenvalue weighted by molar-refractivity contribution is -0.122. The van der Waals surface area contributed by atoms with Crippen LogP contribution in [0.4, 0.5) is 9.18 Å². The van der Waals surface area contributed by atoms with Gasteiger partial charge < -0.3 is 10.1 Å². The molecule has 0 radical (unpaired) electrons. The minimum atomic E-state index is -0.825. The van der Waals surface area contributed by atoms with Crippen molar-refractivity contribution in [3.63, 3.8) is 0 Å². The molecule has 1 atom stereocenters. The van der Waals surface area contributed by atoms with Gasteiger partial charge in [-0.25, -0.2) is 14.6 Å². The number of hydrogen-bond donors (Lipinski definition) is 2. The van der Waals surface area contributed by atoms with Crippen LogP contribution < -0.4 is 10.7 Å². The maximum absolute atomic E-state index is 12.8. The zero-order chi connectivity index (χ0) is 18.1. The second-order valence-electron chi connectivity index (χ2n) is 5.21. The Morgan fingerprint density at radius 3 is 2.52 bits per heavy atom. The van der Waals surface area contributed by atoms with Gasteiger partial charge in [0.15, 0.2) is 0 Å². The van der Waals surface area contributed by atoms with E-state index in [2.05, 4.69) is 15.8 Å². The summed E-state index contributed by atoms with van der Waals surface area (Å²) in [6, 6.07) is 14.0. The van der Waals surface area contributed by atoms with Crippen LogP contribution in [-0.4, -0.2) is 24.3 Å². The van der Waals surface area contributed by atoms with E-state index < -0.39 is 18.0 Å². The highest BCUT2D eigenvalue weighted by atomic mass is 19.1. The summed E-state index contributed by atoms with van der Waals surface area (Å²) in [5.41, 5.74) is 3.77. The Kier molecular flexibility index (Phi) is 6.65. The SMILES string of the molecule is C[C@H](NC(=O)OCc1ccccc1)C(=O)N/N=C\c1ccc(F)cc1. The Balaban J connectivity index is 1.73. The summed E-state index contributed by atoms with van der Waals surface area (Å²) in [4.78, 5) is 23.5. The molecule has 2 aromatic carbocycles. The number of alkyl carbamates (subject to hydrolysis) is 1.